The number of rotatable bonds is 4. The number of carbonyl (C=O) groups excluding carboxylic acids is 2. The maximum atomic E-state index is 12.6. The van der Waals surface area contributed by atoms with Gasteiger partial charge in [0.2, 0.25) is 11.8 Å². The van der Waals surface area contributed by atoms with Gasteiger partial charge in [-0.25, -0.2) is 0 Å². The lowest BCUT2D eigenvalue weighted by atomic mass is 10.1. The number of amides is 2. The lowest BCUT2D eigenvalue weighted by Crippen LogP contribution is -2.44. The summed E-state index contributed by atoms with van der Waals surface area (Å²) in [6, 6.07) is 7.74. The molecule has 0 aromatic heterocycles. The molecular formula is C20H29N3O2. The van der Waals surface area contributed by atoms with E-state index >= 15 is 0 Å². The fourth-order valence-corrected chi connectivity index (χ4v) is 3.77. The first-order chi connectivity index (χ1) is 12.1. The number of anilines is 2. The van der Waals surface area contributed by atoms with Crippen molar-refractivity contribution in [1.82, 2.24) is 4.90 Å². The minimum atomic E-state index is -0.336. The summed E-state index contributed by atoms with van der Waals surface area (Å²) in [5, 5.41) is 2.99. The van der Waals surface area contributed by atoms with Crippen LogP contribution in [0.1, 0.15) is 46.0 Å². The molecule has 2 saturated heterocycles. The van der Waals surface area contributed by atoms with Gasteiger partial charge in [0.15, 0.2) is 0 Å². The summed E-state index contributed by atoms with van der Waals surface area (Å²) in [7, 11) is 0. The first kappa shape index (κ1) is 17.8. The molecule has 2 aliphatic heterocycles. The molecule has 2 amide bonds. The molecule has 136 valence electrons. The number of likely N-dealkylation sites (tertiary alicyclic amines) is 1. The van der Waals surface area contributed by atoms with Crippen molar-refractivity contribution in [3.63, 3.8) is 0 Å². The molecule has 3 rings (SSSR count). The molecule has 0 spiro atoms. The van der Waals surface area contributed by atoms with Crippen molar-refractivity contribution in [3.8, 4) is 0 Å². The molecule has 25 heavy (non-hydrogen) atoms. The molecule has 2 fully saturated rings. The van der Waals surface area contributed by atoms with E-state index in [9.17, 15) is 9.59 Å². The summed E-state index contributed by atoms with van der Waals surface area (Å²) < 4.78 is 0. The van der Waals surface area contributed by atoms with E-state index in [1.54, 1.807) is 4.90 Å². The third-order valence-electron chi connectivity index (χ3n) is 5.19. The second kappa shape index (κ2) is 7.89. The zero-order valence-corrected chi connectivity index (χ0v) is 15.3. The van der Waals surface area contributed by atoms with E-state index in [4.69, 9.17) is 0 Å². The van der Waals surface area contributed by atoms with Crippen LogP contribution in [0.2, 0.25) is 0 Å². The monoisotopic (exact) mass is 343 g/mol. The first-order valence-corrected chi connectivity index (χ1v) is 9.52. The van der Waals surface area contributed by atoms with Gasteiger partial charge in [0.1, 0.15) is 6.04 Å². The van der Waals surface area contributed by atoms with Crippen molar-refractivity contribution in [3.05, 3.63) is 24.3 Å². The molecule has 1 aromatic rings. The summed E-state index contributed by atoms with van der Waals surface area (Å²) in [6.07, 6.45) is 5.46. The molecule has 1 unspecified atom stereocenters. The fourth-order valence-electron chi connectivity index (χ4n) is 3.77. The Hall–Kier alpha value is -2.04. The van der Waals surface area contributed by atoms with Crippen molar-refractivity contribution in [2.45, 2.75) is 52.0 Å². The number of hydrogen-bond acceptors (Lipinski definition) is 3. The van der Waals surface area contributed by atoms with Crippen LogP contribution in [-0.4, -0.2) is 42.4 Å². The molecule has 2 aliphatic rings. The molecule has 1 atom stereocenters. The molecule has 1 N–H and O–H groups in total. The van der Waals surface area contributed by atoms with E-state index < -0.39 is 0 Å². The average Bonchev–Trinajstić information content (AvgIpc) is 3.12. The van der Waals surface area contributed by atoms with Gasteiger partial charge in [-0.3, -0.25) is 9.59 Å². The van der Waals surface area contributed by atoms with Crippen LogP contribution in [0, 0.1) is 5.92 Å². The van der Waals surface area contributed by atoms with Crippen molar-refractivity contribution in [2.24, 2.45) is 5.92 Å². The van der Waals surface area contributed by atoms with Crippen molar-refractivity contribution < 1.29 is 9.59 Å². The Bertz CT molecular complexity index is 606. The number of carbonyl (C=O) groups is 2. The highest BCUT2D eigenvalue weighted by Crippen LogP contribution is 2.24. The van der Waals surface area contributed by atoms with Gasteiger partial charge >= 0.3 is 0 Å². The summed E-state index contributed by atoms with van der Waals surface area (Å²) >= 11 is 0. The van der Waals surface area contributed by atoms with E-state index in [-0.39, 0.29) is 23.8 Å². The van der Waals surface area contributed by atoms with Crippen molar-refractivity contribution >= 4 is 23.2 Å². The maximum Gasteiger partial charge on any atom is 0.247 e. The van der Waals surface area contributed by atoms with Crippen LogP contribution in [0.25, 0.3) is 0 Å². The maximum absolute atomic E-state index is 12.6. The minimum absolute atomic E-state index is 0.0677. The Balaban J connectivity index is 1.61. The van der Waals surface area contributed by atoms with Gasteiger partial charge in [-0.15, -0.1) is 0 Å². The minimum Gasteiger partial charge on any atom is -0.372 e. The molecule has 5 heteroatoms. The highest BCUT2D eigenvalue weighted by Gasteiger charge is 2.34. The normalized spacial score (nSPS) is 20.8. The van der Waals surface area contributed by atoms with Gasteiger partial charge in [-0.1, -0.05) is 13.8 Å². The molecule has 0 saturated carbocycles. The van der Waals surface area contributed by atoms with E-state index in [2.05, 4.69) is 22.3 Å². The third-order valence-corrected chi connectivity index (χ3v) is 5.19. The zero-order valence-electron chi connectivity index (χ0n) is 15.3. The molecule has 0 bridgehead atoms. The number of hydrogen-bond donors (Lipinski definition) is 1. The quantitative estimate of drug-likeness (QED) is 0.913. The molecule has 2 heterocycles. The molecular weight excluding hydrogens is 314 g/mol. The first-order valence-electron chi connectivity index (χ1n) is 9.52. The number of piperidine rings is 1. The Labute approximate surface area is 150 Å². The fraction of sp³-hybridized carbons (Fsp3) is 0.600. The molecule has 0 radical (unpaired) electrons. The summed E-state index contributed by atoms with van der Waals surface area (Å²) in [5.74, 6) is -0.0763. The van der Waals surface area contributed by atoms with Gasteiger partial charge in [0.25, 0.3) is 0 Å². The topological polar surface area (TPSA) is 52.7 Å². The number of nitrogens with zero attached hydrogens (tertiary/aromatic N) is 2. The van der Waals surface area contributed by atoms with E-state index in [0.29, 0.717) is 6.54 Å². The Morgan fingerprint density at radius 2 is 1.68 bits per heavy atom. The molecule has 0 aliphatic carbocycles. The lowest BCUT2D eigenvalue weighted by molar-refractivity contribution is -0.139. The number of nitrogens with one attached hydrogen (secondary N) is 1. The van der Waals surface area contributed by atoms with Crippen molar-refractivity contribution in [2.75, 3.05) is 29.9 Å². The summed E-state index contributed by atoms with van der Waals surface area (Å²) in [6.45, 7) is 6.67. The largest absolute Gasteiger partial charge is 0.372 e. The zero-order chi connectivity index (χ0) is 17.8. The standard InChI is InChI=1S/C20H29N3O2/c1-15(2)20(25)23-14-6-7-18(23)19(24)21-16-8-10-17(11-9-16)22-12-4-3-5-13-22/h8-11,15,18H,3-7,12-14H2,1-2H3,(H,21,24). The smallest absolute Gasteiger partial charge is 0.247 e. The highest BCUT2D eigenvalue weighted by molar-refractivity contribution is 5.97. The Morgan fingerprint density at radius 1 is 1.00 bits per heavy atom. The van der Waals surface area contributed by atoms with Crippen LogP contribution in [0.3, 0.4) is 0 Å². The van der Waals surface area contributed by atoms with Gasteiger partial charge in [-0.2, -0.15) is 0 Å². The highest BCUT2D eigenvalue weighted by atomic mass is 16.2. The van der Waals surface area contributed by atoms with Gasteiger partial charge in [-0.05, 0) is 56.4 Å². The van der Waals surface area contributed by atoms with Crippen molar-refractivity contribution in [1.29, 1.82) is 0 Å². The predicted octanol–water partition coefficient (Wildman–Crippen LogP) is 3.26. The third kappa shape index (κ3) is 4.14. The second-order valence-corrected chi connectivity index (χ2v) is 7.43. The van der Waals surface area contributed by atoms with Crippen LogP contribution in [0.5, 0.6) is 0 Å². The molecule has 5 nitrogen and oxygen atoms in total. The van der Waals surface area contributed by atoms with E-state index in [0.717, 1.165) is 31.6 Å². The van der Waals surface area contributed by atoms with Crippen LogP contribution in [0.15, 0.2) is 24.3 Å². The number of benzene rings is 1. The average molecular weight is 343 g/mol. The summed E-state index contributed by atoms with van der Waals surface area (Å²) in [5.41, 5.74) is 2.02. The van der Waals surface area contributed by atoms with E-state index in [1.807, 2.05) is 26.0 Å². The SMILES string of the molecule is CC(C)C(=O)N1CCCC1C(=O)Nc1ccc(N2CCCCC2)cc1. The Kier molecular flexibility index (Phi) is 5.61. The van der Waals surface area contributed by atoms with Crippen LogP contribution >= 0.6 is 0 Å². The van der Waals surface area contributed by atoms with Crippen LogP contribution < -0.4 is 10.2 Å². The predicted molar refractivity (Wildman–Crippen MR) is 101 cm³/mol. The van der Waals surface area contributed by atoms with Gasteiger partial charge in [0, 0.05) is 36.9 Å². The summed E-state index contributed by atoms with van der Waals surface area (Å²) in [4.78, 5) is 29.0. The van der Waals surface area contributed by atoms with E-state index in [1.165, 1.54) is 24.9 Å². The van der Waals surface area contributed by atoms with Crippen LogP contribution in [-0.2, 0) is 9.59 Å². The second-order valence-electron chi connectivity index (χ2n) is 7.43. The van der Waals surface area contributed by atoms with Crippen LogP contribution in [0.4, 0.5) is 11.4 Å². The van der Waals surface area contributed by atoms with Gasteiger partial charge < -0.3 is 15.1 Å². The molecule has 1 aromatic carbocycles. The Morgan fingerprint density at radius 3 is 2.32 bits per heavy atom. The lowest BCUT2D eigenvalue weighted by Gasteiger charge is -2.29. The van der Waals surface area contributed by atoms with Gasteiger partial charge in [0.05, 0.1) is 0 Å².